The largest absolute Gasteiger partial charge is 0.310 e. The first kappa shape index (κ1) is 20.3. The van der Waals surface area contributed by atoms with Gasteiger partial charge in [-0.2, -0.15) is 0 Å². The van der Waals surface area contributed by atoms with Gasteiger partial charge >= 0.3 is 0 Å². The van der Waals surface area contributed by atoms with Crippen molar-refractivity contribution in [2.24, 2.45) is 0 Å². The number of hydrogen-bond acceptors (Lipinski definition) is 1. The molecule has 0 radical (unpaired) electrons. The average molecular weight is 416 g/mol. The number of rotatable bonds is 5. The van der Waals surface area contributed by atoms with Crippen molar-refractivity contribution in [1.82, 2.24) is 0 Å². The summed E-state index contributed by atoms with van der Waals surface area (Å²) in [6.45, 7) is 4.26. The highest BCUT2D eigenvalue weighted by Gasteiger charge is 2.20. The summed E-state index contributed by atoms with van der Waals surface area (Å²) in [6.07, 6.45) is 7.96. The lowest BCUT2D eigenvalue weighted by molar-refractivity contribution is 0.911. The maximum absolute atomic E-state index is 2.41. The fourth-order valence-corrected chi connectivity index (χ4v) is 4.53. The predicted octanol–water partition coefficient (Wildman–Crippen LogP) is 8.43. The minimum Gasteiger partial charge on any atom is -0.310 e. The molecule has 0 atom stereocenters. The molecular formula is C31H29N. The Balaban J connectivity index is 1.50. The standard InChI is InChI=1S/C31H29N/c1-23-9-13-25(14-10-23)15-16-26-17-21-29(22-18-26)32(28-19-11-24(2)12-20-28)31-8-4-6-27-5-3-7-30(27)31/h4,6,8-22H,3,5,7H2,1-2H3. The fraction of sp³-hybridized carbons (Fsp3) is 0.161. The van der Waals surface area contributed by atoms with Crippen molar-refractivity contribution >= 4 is 29.2 Å². The minimum absolute atomic E-state index is 1.16. The molecular weight excluding hydrogens is 386 g/mol. The molecule has 0 saturated carbocycles. The number of aryl methyl sites for hydroxylation is 3. The van der Waals surface area contributed by atoms with Crippen LogP contribution < -0.4 is 4.90 Å². The third-order valence-corrected chi connectivity index (χ3v) is 6.35. The summed E-state index contributed by atoms with van der Waals surface area (Å²) in [6, 6.07) is 33.2. The van der Waals surface area contributed by atoms with Crippen LogP contribution in [0.2, 0.25) is 0 Å². The van der Waals surface area contributed by atoms with Gasteiger partial charge in [0.1, 0.15) is 0 Å². The van der Waals surface area contributed by atoms with E-state index >= 15 is 0 Å². The summed E-state index contributed by atoms with van der Waals surface area (Å²) in [5, 5.41) is 0. The molecule has 1 heteroatoms. The van der Waals surface area contributed by atoms with E-state index in [1.165, 1.54) is 63.3 Å². The van der Waals surface area contributed by atoms with Crippen LogP contribution >= 0.6 is 0 Å². The second-order valence-corrected chi connectivity index (χ2v) is 8.77. The van der Waals surface area contributed by atoms with Gasteiger partial charge in [0, 0.05) is 17.1 Å². The first-order valence-corrected chi connectivity index (χ1v) is 11.5. The van der Waals surface area contributed by atoms with E-state index in [9.17, 15) is 0 Å². The second-order valence-electron chi connectivity index (χ2n) is 8.77. The van der Waals surface area contributed by atoms with Crippen LogP contribution in [0.5, 0.6) is 0 Å². The highest BCUT2D eigenvalue weighted by atomic mass is 15.1. The molecule has 0 fully saturated rings. The summed E-state index contributed by atoms with van der Waals surface area (Å²) in [4.78, 5) is 2.41. The van der Waals surface area contributed by atoms with E-state index in [1.54, 1.807) is 0 Å². The molecule has 0 amide bonds. The average Bonchev–Trinajstić information content (AvgIpc) is 3.31. The number of benzene rings is 4. The highest BCUT2D eigenvalue weighted by Crippen LogP contribution is 2.40. The lowest BCUT2D eigenvalue weighted by Crippen LogP contribution is -2.12. The van der Waals surface area contributed by atoms with Crippen LogP contribution in [0.15, 0.2) is 91.0 Å². The first-order chi connectivity index (χ1) is 15.7. The van der Waals surface area contributed by atoms with Crippen LogP contribution in [0.1, 0.15) is 39.8 Å². The Morgan fingerprint density at radius 1 is 0.594 bits per heavy atom. The smallest absolute Gasteiger partial charge is 0.0496 e. The number of hydrogen-bond donors (Lipinski definition) is 0. The third kappa shape index (κ3) is 4.24. The van der Waals surface area contributed by atoms with E-state index in [4.69, 9.17) is 0 Å². The molecule has 0 spiro atoms. The molecule has 5 rings (SSSR count). The Morgan fingerprint density at radius 3 is 1.75 bits per heavy atom. The normalized spacial score (nSPS) is 12.8. The van der Waals surface area contributed by atoms with Gasteiger partial charge in [-0.05, 0) is 85.7 Å². The molecule has 4 aromatic carbocycles. The van der Waals surface area contributed by atoms with E-state index in [1.807, 2.05) is 0 Å². The highest BCUT2D eigenvalue weighted by molar-refractivity contribution is 5.80. The summed E-state index contributed by atoms with van der Waals surface area (Å²) < 4.78 is 0. The maximum Gasteiger partial charge on any atom is 0.0496 e. The van der Waals surface area contributed by atoms with Gasteiger partial charge in [0.05, 0.1) is 0 Å². The van der Waals surface area contributed by atoms with Gasteiger partial charge < -0.3 is 4.90 Å². The zero-order chi connectivity index (χ0) is 21.9. The minimum atomic E-state index is 1.16. The van der Waals surface area contributed by atoms with Crippen LogP contribution in [-0.2, 0) is 12.8 Å². The van der Waals surface area contributed by atoms with Crippen LogP contribution in [0, 0.1) is 13.8 Å². The zero-order valence-electron chi connectivity index (χ0n) is 18.9. The molecule has 1 aliphatic rings. The molecule has 4 aromatic rings. The molecule has 1 aliphatic carbocycles. The summed E-state index contributed by atoms with van der Waals surface area (Å²) >= 11 is 0. The number of nitrogens with zero attached hydrogens (tertiary/aromatic N) is 1. The Kier molecular flexibility index (Phi) is 5.64. The topological polar surface area (TPSA) is 3.24 Å². The quantitative estimate of drug-likeness (QED) is 0.296. The van der Waals surface area contributed by atoms with Gasteiger partial charge in [-0.1, -0.05) is 83.9 Å². The predicted molar refractivity (Wildman–Crippen MR) is 138 cm³/mol. The Morgan fingerprint density at radius 2 is 1.12 bits per heavy atom. The van der Waals surface area contributed by atoms with E-state index < -0.39 is 0 Å². The van der Waals surface area contributed by atoms with Crippen LogP contribution in [-0.4, -0.2) is 0 Å². The van der Waals surface area contributed by atoms with E-state index in [2.05, 4.69) is 122 Å². The lowest BCUT2D eigenvalue weighted by Gasteiger charge is -2.28. The van der Waals surface area contributed by atoms with E-state index in [0.29, 0.717) is 0 Å². The number of anilines is 3. The Bertz CT molecular complexity index is 1230. The van der Waals surface area contributed by atoms with Gasteiger partial charge in [0.2, 0.25) is 0 Å². The summed E-state index contributed by atoms with van der Waals surface area (Å²) in [5.41, 5.74) is 11.7. The summed E-state index contributed by atoms with van der Waals surface area (Å²) in [5.74, 6) is 0. The molecule has 0 saturated heterocycles. The van der Waals surface area contributed by atoms with Gasteiger partial charge in [-0.3, -0.25) is 0 Å². The van der Waals surface area contributed by atoms with Gasteiger partial charge in [-0.25, -0.2) is 0 Å². The third-order valence-electron chi connectivity index (χ3n) is 6.35. The monoisotopic (exact) mass is 415 g/mol. The van der Waals surface area contributed by atoms with Crippen molar-refractivity contribution in [2.75, 3.05) is 4.90 Å². The van der Waals surface area contributed by atoms with Crippen molar-refractivity contribution in [3.63, 3.8) is 0 Å². The van der Waals surface area contributed by atoms with E-state index in [0.717, 1.165) is 6.42 Å². The van der Waals surface area contributed by atoms with Crippen LogP contribution in [0.25, 0.3) is 12.2 Å². The van der Waals surface area contributed by atoms with Gasteiger partial charge in [-0.15, -0.1) is 0 Å². The van der Waals surface area contributed by atoms with Crippen molar-refractivity contribution in [1.29, 1.82) is 0 Å². The molecule has 32 heavy (non-hydrogen) atoms. The molecule has 0 aromatic heterocycles. The lowest BCUT2D eigenvalue weighted by atomic mass is 10.0. The number of fused-ring (bicyclic) bond motifs is 1. The molecule has 158 valence electrons. The molecule has 0 heterocycles. The zero-order valence-corrected chi connectivity index (χ0v) is 18.9. The second kappa shape index (κ2) is 8.88. The van der Waals surface area contributed by atoms with Gasteiger partial charge in [0.15, 0.2) is 0 Å². The van der Waals surface area contributed by atoms with Crippen LogP contribution in [0.4, 0.5) is 17.1 Å². The van der Waals surface area contributed by atoms with Crippen molar-refractivity contribution in [3.05, 3.63) is 124 Å². The molecule has 0 bridgehead atoms. The van der Waals surface area contributed by atoms with Crippen molar-refractivity contribution in [3.8, 4) is 0 Å². The Labute approximate surface area is 191 Å². The van der Waals surface area contributed by atoms with Gasteiger partial charge in [0.25, 0.3) is 0 Å². The van der Waals surface area contributed by atoms with Crippen LogP contribution in [0.3, 0.4) is 0 Å². The molecule has 0 aliphatic heterocycles. The fourth-order valence-electron chi connectivity index (χ4n) is 4.53. The molecule has 0 N–H and O–H groups in total. The Hall–Kier alpha value is -3.58. The first-order valence-electron chi connectivity index (χ1n) is 11.5. The SMILES string of the molecule is Cc1ccc(C=Cc2ccc(N(c3ccc(C)cc3)c3cccc4c3CCC4)cc2)cc1. The van der Waals surface area contributed by atoms with E-state index in [-0.39, 0.29) is 0 Å². The summed E-state index contributed by atoms with van der Waals surface area (Å²) in [7, 11) is 0. The molecule has 0 unspecified atom stereocenters. The van der Waals surface area contributed by atoms with Crippen molar-refractivity contribution < 1.29 is 0 Å². The molecule has 1 nitrogen and oxygen atoms in total. The maximum atomic E-state index is 2.41. The van der Waals surface area contributed by atoms with Crippen molar-refractivity contribution in [2.45, 2.75) is 33.1 Å².